The summed E-state index contributed by atoms with van der Waals surface area (Å²) in [5, 5.41) is 0.714. The van der Waals surface area contributed by atoms with Crippen LogP contribution in [-0.2, 0) is 9.47 Å². The molecule has 0 radical (unpaired) electrons. The minimum atomic E-state index is -0.472. The predicted molar refractivity (Wildman–Crippen MR) is 61.1 cm³/mol. The first-order chi connectivity index (χ1) is 7.68. The lowest BCUT2D eigenvalue weighted by Crippen LogP contribution is -2.15. The van der Waals surface area contributed by atoms with Gasteiger partial charge in [0, 0.05) is 0 Å². The zero-order chi connectivity index (χ0) is 11.5. The summed E-state index contributed by atoms with van der Waals surface area (Å²) in [6.45, 7) is 1.04. The Balaban J connectivity index is 2.13. The number of benzene rings is 1. The minimum absolute atomic E-state index is 0.142. The molecule has 1 saturated heterocycles. The number of ether oxygens (including phenoxy) is 2. The Morgan fingerprint density at radius 1 is 1.25 bits per heavy atom. The molecule has 5 heteroatoms. The number of hydrogen-bond donors (Lipinski definition) is 0. The van der Waals surface area contributed by atoms with Crippen LogP contribution in [0.15, 0.2) is 18.2 Å². The van der Waals surface area contributed by atoms with Crippen LogP contribution in [-0.4, -0.2) is 25.3 Å². The molecule has 0 N–H and O–H groups in total. The highest BCUT2D eigenvalue weighted by molar-refractivity contribution is 6.39. The van der Waals surface area contributed by atoms with Crippen LogP contribution < -0.4 is 0 Å². The summed E-state index contributed by atoms with van der Waals surface area (Å²) < 4.78 is 10.4. The molecular formula is C11H10Cl2O3. The molecule has 1 aromatic carbocycles. The van der Waals surface area contributed by atoms with Crippen LogP contribution in [0.3, 0.4) is 0 Å². The number of carbonyl (C=O) groups is 1. The number of carbonyl (C=O) groups excluding carboxylic acids is 1. The average Bonchev–Trinajstić information content (AvgIpc) is 2.70. The first-order valence-electron chi connectivity index (χ1n) is 4.89. The van der Waals surface area contributed by atoms with Crippen LogP contribution in [0.25, 0.3) is 0 Å². The van der Waals surface area contributed by atoms with E-state index >= 15 is 0 Å². The zero-order valence-electron chi connectivity index (χ0n) is 8.41. The van der Waals surface area contributed by atoms with Gasteiger partial charge in [0.05, 0.1) is 35.2 Å². The quantitative estimate of drug-likeness (QED) is 0.785. The number of Topliss-reactive ketones (excluding diaryl/α,β-unsaturated/α-hetero) is 1. The Kier molecular flexibility index (Phi) is 3.82. The fourth-order valence-electron chi connectivity index (χ4n) is 1.54. The summed E-state index contributed by atoms with van der Waals surface area (Å²) in [5.74, 6) is -0.164. The first-order valence-corrected chi connectivity index (χ1v) is 5.64. The second kappa shape index (κ2) is 5.15. The highest BCUT2D eigenvalue weighted by Crippen LogP contribution is 2.26. The van der Waals surface area contributed by atoms with Crippen molar-refractivity contribution in [2.45, 2.75) is 12.7 Å². The van der Waals surface area contributed by atoms with Gasteiger partial charge in [0.25, 0.3) is 0 Å². The molecule has 1 aliphatic heterocycles. The predicted octanol–water partition coefficient (Wildman–Crippen LogP) is 2.94. The summed E-state index contributed by atoms with van der Waals surface area (Å²) in [6, 6.07) is 4.97. The van der Waals surface area contributed by atoms with E-state index < -0.39 is 6.29 Å². The lowest BCUT2D eigenvalue weighted by atomic mass is 10.1. The first kappa shape index (κ1) is 11.9. The molecule has 2 rings (SSSR count). The molecule has 0 atom stereocenters. The number of hydrogen-bond acceptors (Lipinski definition) is 3. The van der Waals surface area contributed by atoms with Gasteiger partial charge in [-0.1, -0.05) is 29.3 Å². The lowest BCUT2D eigenvalue weighted by Gasteiger charge is -2.09. The minimum Gasteiger partial charge on any atom is -0.350 e. The van der Waals surface area contributed by atoms with Crippen molar-refractivity contribution in [1.82, 2.24) is 0 Å². The van der Waals surface area contributed by atoms with Gasteiger partial charge >= 0.3 is 0 Å². The van der Waals surface area contributed by atoms with E-state index in [1.54, 1.807) is 18.2 Å². The van der Waals surface area contributed by atoms with Gasteiger partial charge in [-0.15, -0.1) is 0 Å². The maximum atomic E-state index is 11.9. The molecule has 0 amide bonds. The fourth-order valence-corrected chi connectivity index (χ4v) is 2.15. The van der Waals surface area contributed by atoms with E-state index in [9.17, 15) is 4.79 Å². The van der Waals surface area contributed by atoms with E-state index in [4.69, 9.17) is 32.7 Å². The van der Waals surface area contributed by atoms with E-state index in [-0.39, 0.29) is 12.2 Å². The summed E-state index contributed by atoms with van der Waals surface area (Å²) in [6.07, 6.45) is -0.330. The molecule has 0 aromatic heterocycles. The summed E-state index contributed by atoms with van der Waals surface area (Å²) >= 11 is 11.8. The molecule has 0 saturated carbocycles. The van der Waals surface area contributed by atoms with Crippen LogP contribution in [0.1, 0.15) is 16.8 Å². The Hall–Kier alpha value is -0.610. The van der Waals surface area contributed by atoms with Crippen LogP contribution in [0.2, 0.25) is 10.0 Å². The standard InChI is InChI=1S/C11H10Cl2O3/c12-7-2-1-3-8(13)11(7)9(14)6-10-15-4-5-16-10/h1-3,10H,4-6H2. The fraction of sp³-hybridized carbons (Fsp3) is 0.364. The Labute approximate surface area is 103 Å². The van der Waals surface area contributed by atoms with Crippen molar-refractivity contribution >= 4 is 29.0 Å². The van der Waals surface area contributed by atoms with Crippen LogP contribution in [0.5, 0.6) is 0 Å². The maximum Gasteiger partial charge on any atom is 0.170 e. The molecule has 0 spiro atoms. The molecule has 1 aromatic rings. The molecule has 1 heterocycles. The van der Waals surface area contributed by atoms with Crippen LogP contribution in [0, 0.1) is 0 Å². The van der Waals surface area contributed by atoms with Crippen LogP contribution in [0.4, 0.5) is 0 Å². The van der Waals surface area contributed by atoms with E-state index in [2.05, 4.69) is 0 Å². The highest BCUT2D eigenvalue weighted by Gasteiger charge is 2.23. The van der Waals surface area contributed by atoms with Gasteiger partial charge in [-0.2, -0.15) is 0 Å². The Morgan fingerprint density at radius 2 is 1.81 bits per heavy atom. The van der Waals surface area contributed by atoms with Crippen molar-refractivity contribution in [2.24, 2.45) is 0 Å². The van der Waals surface area contributed by atoms with Gasteiger partial charge in [0.1, 0.15) is 0 Å². The summed E-state index contributed by atoms with van der Waals surface area (Å²) in [5.41, 5.74) is 0.338. The topological polar surface area (TPSA) is 35.5 Å². The smallest absolute Gasteiger partial charge is 0.170 e. The third-order valence-electron chi connectivity index (χ3n) is 2.28. The van der Waals surface area contributed by atoms with Gasteiger partial charge in [-0.05, 0) is 12.1 Å². The monoisotopic (exact) mass is 260 g/mol. The molecule has 1 aliphatic rings. The largest absolute Gasteiger partial charge is 0.350 e. The highest BCUT2D eigenvalue weighted by atomic mass is 35.5. The second-order valence-corrected chi connectivity index (χ2v) is 4.21. The number of ketones is 1. The van der Waals surface area contributed by atoms with E-state index in [1.807, 2.05) is 0 Å². The molecular weight excluding hydrogens is 251 g/mol. The molecule has 1 fully saturated rings. The Bertz CT molecular complexity index is 380. The van der Waals surface area contributed by atoms with Gasteiger partial charge in [-0.25, -0.2) is 0 Å². The molecule has 0 bridgehead atoms. The SMILES string of the molecule is O=C(CC1OCCO1)c1c(Cl)cccc1Cl. The normalized spacial score (nSPS) is 16.6. The van der Waals surface area contributed by atoms with Crippen molar-refractivity contribution in [3.63, 3.8) is 0 Å². The Morgan fingerprint density at radius 3 is 2.38 bits per heavy atom. The van der Waals surface area contributed by atoms with Gasteiger partial charge in [0.2, 0.25) is 0 Å². The third kappa shape index (κ3) is 2.55. The number of halogens is 2. The molecule has 0 aliphatic carbocycles. The van der Waals surface area contributed by atoms with Crippen LogP contribution >= 0.6 is 23.2 Å². The van der Waals surface area contributed by atoms with Crippen molar-refractivity contribution in [3.8, 4) is 0 Å². The van der Waals surface area contributed by atoms with Crippen molar-refractivity contribution in [3.05, 3.63) is 33.8 Å². The van der Waals surface area contributed by atoms with Crippen molar-refractivity contribution in [1.29, 1.82) is 0 Å². The van der Waals surface area contributed by atoms with Crippen molar-refractivity contribution in [2.75, 3.05) is 13.2 Å². The number of rotatable bonds is 3. The zero-order valence-corrected chi connectivity index (χ0v) is 9.92. The van der Waals surface area contributed by atoms with E-state index in [1.165, 1.54) is 0 Å². The average molecular weight is 261 g/mol. The second-order valence-electron chi connectivity index (χ2n) is 3.40. The summed E-state index contributed by atoms with van der Waals surface area (Å²) in [7, 11) is 0. The molecule has 0 unspecified atom stereocenters. The van der Waals surface area contributed by atoms with E-state index in [0.717, 1.165) is 0 Å². The third-order valence-corrected chi connectivity index (χ3v) is 2.91. The molecule has 86 valence electrons. The molecule has 16 heavy (non-hydrogen) atoms. The summed E-state index contributed by atoms with van der Waals surface area (Å²) in [4.78, 5) is 11.9. The van der Waals surface area contributed by atoms with Gasteiger partial charge < -0.3 is 9.47 Å². The van der Waals surface area contributed by atoms with Gasteiger partial charge in [-0.3, -0.25) is 4.79 Å². The van der Waals surface area contributed by atoms with E-state index in [0.29, 0.717) is 28.8 Å². The maximum absolute atomic E-state index is 11.9. The van der Waals surface area contributed by atoms with Crippen molar-refractivity contribution < 1.29 is 14.3 Å². The van der Waals surface area contributed by atoms with Gasteiger partial charge in [0.15, 0.2) is 12.1 Å². The molecule has 3 nitrogen and oxygen atoms in total. The lowest BCUT2D eigenvalue weighted by molar-refractivity contribution is -0.0407.